The molecule has 0 saturated heterocycles. The summed E-state index contributed by atoms with van der Waals surface area (Å²) in [5.41, 5.74) is 0.218. The summed E-state index contributed by atoms with van der Waals surface area (Å²) in [6.07, 6.45) is 4.23. The van der Waals surface area contributed by atoms with Gasteiger partial charge in [-0.25, -0.2) is 8.42 Å². The summed E-state index contributed by atoms with van der Waals surface area (Å²) in [5.74, 6) is 0.221. The number of nitrogens with zero attached hydrogens (tertiary/aromatic N) is 2. The van der Waals surface area contributed by atoms with Crippen molar-refractivity contribution in [2.45, 2.75) is 43.5 Å². The second kappa shape index (κ2) is 4.73. The Balaban J connectivity index is 1.92. The fraction of sp³-hybridized carbons (Fsp3) is 0.667. The van der Waals surface area contributed by atoms with E-state index in [1.54, 1.807) is 11.8 Å². The highest BCUT2D eigenvalue weighted by atomic mass is 35.7. The van der Waals surface area contributed by atoms with Gasteiger partial charge in [0, 0.05) is 23.3 Å². The number of rotatable bonds is 5. The lowest BCUT2D eigenvalue weighted by atomic mass is 10.3. The molecule has 0 radical (unpaired) electrons. The van der Waals surface area contributed by atoms with E-state index in [1.807, 2.05) is 0 Å². The van der Waals surface area contributed by atoms with Crippen LogP contribution < -0.4 is 0 Å². The Labute approximate surface area is 121 Å². The Bertz CT molecular complexity index is 647. The van der Waals surface area contributed by atoms with E-state index >= 15 is 0 Å². The van der Waals surface area contributed by atoms with Crippen molar-refractivity contribution in [1.82, 2.24) is 15.1 Å². The number of H-pyrrole nitrogens is 1. The predicted molar refractivity (Wildman–Crippen MR) is 73.1 cm³/mol. The minimum atomic E-state index is -3.99. The van der Waals surface area contributed by atoms with Crippen LogP contribution in [0.2, 0.25) is 0 Å². The fourth-order valence-electron chi connectivity index (χ4n) is 2.36. The number of aromatic amines is 1. The van der Waals surface area contributed by atoms with Crippen LogP contribution in [0.4, 0.5) is 0 Å². The van der Waals surface area contributed by atoms with E-state index in [0.29, 0.717) is 18.2 Å². The van der Waals surface area contributed by atoms with Gasteiger partial charge in [0.15, 0.2) is 5.69 Å². The van der Waals surface area contributed by atoms with Gasteiger partial charge in [0.2, 0.25) is 0 Å². The zero-order valence-electron chi connectivity index (χ0n) is 11.1. The summed E-state index contributed by atoms with van der Waals surface area (Å²) in [7, 11) is 1.43. The summed E-state index contributed by atoms with van der Waals surface area (Å²) in [6, 6.07) is 0.228. The molecular formula is C12H16ClN3O3S. The van der Waals surface area contributed by atoms with E-state index in [9.17, 15) is 13.2 Å². The first kappa shape index (κ1) is 13.9. The van der Waals surface area contributed by atoms with E-state index in [1.165, 1.54) is 0 Å². The average Bonchev–Trinajstić information content (AvgIpc) is 3.23. The van der Waals surface area contributed by atoms with Crippen LogP contribution in [0.3, 0.4) is 0 Å². The Kier molecular flexibility index (Phi) is 3.29. The molecule has 0 aromatic carbocycles. The number of hydrogen-bond acceptors (Lipinski definition) is 4. The summed E-state index contributed by atoms with van der Waals surface area (Å²) >= 11 is 0. The topological polar surface area (TPSA) is 83.1 Å². The highest BCUT2D eigenvalue weighted by molar-refractivity contribution is 8.13. The van der Waals surface area contributed by atoms with Gasteiger partial charge in [-0.2, -0.15) is 5.10 Å². The molecule has 8 heteroatoms. The molecule has 2 fully saturated rings. The molecule has 2 aliphatic carbocycles. The van der Waals surface area contributed by atoms with Crippen LogP contribution in [-0.2, 0) is 9.05 Å². The molecule has 1 aromatic heterocycles. The van der Waals surface area contributed by atoms with Crippen molar-refractivity contribution >= 4 is 25.6 Å². The monoisotopic (exact) mass is 317 g/mol. The molecule has 110 valence electrons. The standard InChI is InChI=1S/C12H16ClN3O3S/c1-7-11(20(13,18)19)10(15-14-7)12(17)16(9-4-5-9)6-8-2-3-8/h8-9H,2-6H2,1H3,(H,14,15). The van der Waals surface area contributed by atoms with Crippen molar-refractivity contribution < 1.29 is 13.2 Å². The van der Waals surface area contributed by atoms with Crippen LogP contribution in [0.25, 0.3) is 0 Å². The first-order valence-corrected chi connectivity index (χ1v) is 8.99. The normalized spacial score (nSPS) is 19.1. The molecule has 1 heterocycles. The van der Waals surface area contributed by atoms with E-state index < -0.39 is 9.05 Å². The third kappa shape index (κ3) is 2.69. The third-order valence-corrected chi connectivity index (χ3v) is 5.19. The number of nitrogens with one attached hydrogen (secondary N) is 1. The summed E-state index contributed by atoms with van der Waals surface area (Å²) in [5, 5.41) is 6.41. The molecule has 0 unspecified atom stereocenters. The summed E-state index contributed by atoms with van der Waals surface area (Å²) < 4.78 is 23.2. The van der Waals surface area contributed by atoms with Gasteiger partial charge < -0.3 is 4.90 Å². The number of carbonyl (C=O) groups is 1. The Morgan fingerprint density at radius 2 is 2.05 bits per heavy atom. The molecule has 0 bridgehead atoms. The van der Waals surface area contributed by atoms with Crippen molar-refractivity contribution in [1.29, 1.82) is 0 Å². The van der Waals surface area contributed by atoms with Gasteiger partial charge >= 0.3 is 0 Å². The molecule has 20 heavy (non-hydrogen) atoms. The third-order valence-electron chi connectivity index (χ3n) is 3.74. The molecule has 1 N–H and O–H groups in total. The molecular weight excluding hydrogens is 302 g/mol. The lowest BCUT2D eigenvalue weighted by Crippen LogP contribution is -2.35. The van der Waals surface area contributed by atoms with Crippen molar-refractivity contribution in [3.63, 3.8) is 0 Å². The van der Waals surface area contributed by atoms with Crippen molar-refractivity contribution in [2.75, 3.05) is 6.54 Å². The molecule has 6 nitrogen and oxygen atoms in total. The van der Waals surface area contributed by atoms with Crippen LogP contribution in [-0.4, -0.2) is 42.0 Å². The molecule has 1 amide bonds. The summed E-state index contributed by atoms with van der Waals surface area (Å²) in [6.45, 7) is 2.23. The Morgan fingerprint density at radius 3 is 2.55 bits per heavy atom. The van der Waals surface area contributed by atoms with Gasteiger partial charge in [-0.15, -0.1) is 0 Å². The quantitative estimate of drug-likeness (QED) is 0.837. The van der Waals surface area contributed by atoms with Crippen molar-refractivity contribution in [3.8, 4) is 0 Å². The molecule has 1 aromatic rings. The fourth-order valence-corrected chi connectivity index (χ4v) is 3.70. The minimum Gasteiger partial charge on any atom is -0.334 e. The van der Waals surface area contributed by atoms with E-state index in [4.69, 9.17) is 10.7 Å². The molecule has 3 rings (SSSR count). The first-order chi connectivity index (χ1) is 9.38. The molecule has 0 spiro atoms. The van der Waals surface area contributed by atoms with Crippen molar-refractivity contribution in [2.24, 2.45) is 5.92 Å². The summed E-state index contributed by atoms with van der Waals surface area (Å²) in [4.78, 5) is 14.2. The highest BCUT2D eigenvalue weighted by Crippen LogP contribution is 2.36. The second-order valence-electron chi connectivity index (χ2n) is 5.60. The molecule has 2 saturated carbocycles. The molecule has 0 atom stereocenters. The zero-order chi connectivity index (χ0) is 14.5. The van der Waals surface area contributed by atoms with Gasteiger partial charge in [-0.3, -0.25) is 9.89 Å². The minimum absolute atomic E-state index is 0.0787. The Morgan fingerprint density at radius 1 is 1.40 bits per heavy atom. The number of carbonyl (C=O) groups excluding carboxylic acids is 1. The van der Waals surface area contributed by atoms with Crippen LogP contribution in [0, 0.1) is 12.8 Å². The van der Waals surface area contributed by atoms with Gasteiger partial charge in [-0.05, 0) is 38.5 Å². The molecule has 2 aliphatic rings. The number of hydrogen-bond donors (Lipinski definition) is 1. The number of halogens is 1. The SMILES string of the molecule is Cc1[nH]nc(C(=O)N(CC2CC2)C2CC2)c1S(=O)(=O)Cl. The van der Waals surface area contributed by atoms with E-state index in [0.717, 1.165) is 25.7 Å². The first-order valence-electron chi connectivity index (χ1n) is 6.68. The lowest BCUT2D eigenvalue weighted by molar-refractivity contribution is 0.0725. The molecule has 0 aliphatic heterocycles. The van der Waals surface area contributed by atoms with Gasteiger partial charge in [0.05, 0.1) is 5.69 Å². The lowest BCUT2D eigenvalue weighted by Gasteiger charge is -2.21. The van der Waals surface area contributed by atoms with Crippen LogP contribution in [0.15, 0.2) is 4.90 Å². The number of aromatic nitrogens is 2. The van der Waals surface area contributed by atoms with Crippen LogP contribution in [0.1, 0.15) is 41.9 Å². The predicted octanol–water partition coefficient (Wildman–Crippen LogP) is 1.66. The highest BCUT2D eigenvalue weighted by Gasteiger charge is 2.39. The number of amides is 1. The Hall–Kier alpha value is -1.08. The van der Waals surface area contributed by atoms with Gasteiger partial charge in [-0.1, -0.05) is 0 Å². The second-order valence-corrected chi connectivity index (χ2v) is 8.10. The smallest absolute Gasteiger partial charge is 0.276 e. The average molecular weight is 318 g/mol. The number of aryl methyl sites for hydroxylation is 1. The zero-order valence-corrected chi connectivity index (χ0v) is 12.7. The van der Waals surface area contributed by atoms with Crippen LogP contribution in [0.5, 0.6) is 0 Å². The van der Waals surface area contributed by atoms with Gasteiger partial charge in [0.1, 0.15) is 4.90 Å². The maximum atomic E-state index is 12.6. The largest absolute Gasteiger partial charge is 0.334 e. The van der Waals surface area contributed by atoms with Crippen molar-refractivity contribution in [3.05, 3.63) is 11.4 Å². The van der Waals surface area contributed by atoms with Crippen LogP contribution >= 0.6 is 10.7 Å². The maximum Gasteiger partial charge on any atom is 0.276 e. The van der Waals surface area contributed by atoms with E-state index in [-0.39, 0.29) is 22.5 Å². The van der Waals surface area contributed by atoms with Gasteiger partial charge in [0.25, 0.3) is 15.0 Å². The maximum absolute atomic E-state index is 12.6. The van der Waals surface area contributed by atoms with E-state index in [2.05, 4.69) is 10.2 Å².